The van der Waals surface area contributed by atoms with Crippen LogP contribution in [0.15, 0.2) is 52.9 Å². The number of hydrogen-bond donors (Lipinski definition) is 1. The molecule has 2 heterocycles. The van der Waals surface area contributed by atoms with E-state index < -0.39 is 0 Å². The predicted molar refractivity (Wildman–Crippen MR) is 101 cm³/mol. The van der Waals surface area contributed by atoms with E-state index in [1.165, 1.54) is 11.3 Å². The van der Waals surface area contributed by atoms with Crippen LogP contribution in [0.25, 0.3) is 11.3 Å². The molecule has 0 fully saturated rings. The SMILES string of the molecule is N#CC(=NNc1cccc(Cl)c1)c1nc(-c2ccc3c(c2)OCO3)cs1. The van der Waals surface area contributed by atoms with Gasteiger partial charge in [-0.05, 0) is 36.4 Å². The fraction of sp³-hybridized carbons (Fsp3) is 0.0556. The second-order valence-electron chi connectivity index (χ2n) is 5.30. The molecule has 0 radical (unpaired) electrons. The van der Waals surface area contributed by atoms with E-state index in [1.807, 2.05) is 29.6 Å². The van der Waals surface area contributed by atoms with Crippen LogP contribution < -0.4 is 14.9 Å². The number of fused-ring (bicyclic) bond motifs is 1. The Morgan fingerprint density at radius 2 is 2.12 bits per heavy atom. The van der Waals surface area contributed by atoms with E-state index in [2.05, 4.69) is 21.6 Å². The van der Waals surface area contributed by atoms with Crippen LogP contribution in [0.1, 0.15) is 5.01 Å². The van der Waals surface area contributed by atoms with Gasteiger partial charge in [0.05, 0.1) is 11.4 Å². The minimum atomic E-state index is 0.196. The summed E-state index contributed by atoms with van der Waals surface area (Å²) in [6.07, 6.45) is 0. The Labute approximate surface area is 158 Å². The number of nitrogens with one attached hydrogen (secondary N) is 1. The molecule has 0 saturated carbocycles. The van der Waals surface area contributed by atoms with Crippen molar-refractivity contribution >= 4 is 34.3 Å². The first kappa shape index (κ1) is 16.4. The number of benzene rings is 2. The standard InChI is InChI=1S/C18H11ClN4O2S/c19-12-2-1-3-13(7-12)22-23-14(8-20)18-21-15(9-26-18)11-4-5-16-17(6-11)25-10-24-16/h1-7,9,22H,10H2. The Morgan fingerprint density at radius 3 is 2.96 bits per heavy atom. The molecule has 0 spiro atoms. The molecule has 1 aromatic heterocycles. The third kappa shape index (κ3) is 3.33. The van der Waals surface area contributed by atoms with Crippen LogP contribution in [0.5, 0.6) is 11.5 Å². The van der Waals surface area contributed by atoms with Gasteiger partial charge in [-0.25, -0.2) is 4.98 Å². The monoisotopic (exact) mass is 382 g/mol. The van der Waals surface area contributed by atoms with E-state index in [-0.39, 0.29) is 12.5 Å². The molecule has 1 aliphatic heterocycles. The summed E-state index contributed by atoms with van der Waals surface area (Å²) in [5.41, 5.74) is 5.35. The molecule has 1 N–H and O–H groups in total. The molecule has 128 valence electrons. The van der Waals surface area contributed by atoms with Gasteiger partial charge < -0.3 is 9.47 Å². The first-order chi connectivity index (χ1) is 12.7. The molecule has 26 heavy (non-hydrogen) atoms. The van der Waals surface area contributed by atoms with Gasteiger partial charge >= 0.3 is 0 Å². The van der Waals surface area contributed by atoms with Gasteiger partial charge in [0, 0.05) is 16.0 Å². The maximum atomic E-state index is 9.40. The van der Waals surface area contributed by atoms with Crippen molar-refractivity contribution in [1.82, 2.24) is 4.98 Å². The number of hydrogen-bond acceptors (Lipinski definition) is 7. The van der Waals surface area contributed by atoms with Crippen LogP contribution in [0, 0.1) is 11.3 Å². The molecule has 2 aromatic carbocycles. The van der Waals surface area contributed by atoms with Gasteiger partial charge in [0.25, 0.3) is 0 Å². The zero-order valence-electron chi connectivity index (χ0n) is 13.3. The van der Waals surface area contributed by atoms with Gasteiger partial charge in [0.2, 0.25) is 6.79 Å². The summed E-state index contributed by atoms with van der Waals surface area (Å²) in [5.74, 6) is 1.41. The highest BCUT2D eigenvalue weighted by molar-refractivity contribution is 7.12. The van der Waals surface area contributed by atoms with E-state index in [0.717, 1.165) is 11.3 Å². The molecule has 0 saturated heterocycles. The van der Waals surface area contributed by atoms with Crippen molar-refractivity contribution < 1.29 is 9.47 Å². The van der Waals surface area contributed by atoms with E-state index in [1.54, 1.807) is 18.2 Å². The number of hydrazone groups is 1. The molecule has 0 amide bonds. The lowest BCUT2D eigenvalue weighted by atomic mass is 10.1. The van der Waals surface area contributed by atoms with Crippen LogP contribution in [0.2, 0.25) is 5.02 Å². The molecule has 0 bridgehead atoms. The number of rotatable bonds is 4. The summed E-state index contributed by atoms with van der Waals surface area (Å²) in [6, 6.07) is 14.8. The molecule has 8 heteroatoms. The number of halogens is 1. The van der Waals surface area contributed by atoms with E-state index >= 15 is 0 Å². The fourth-order valence-electron chi connectivity index (χ4n) is 2.37. The van der Waals surface area contributed by atoms with Crippen molar-refractivity contribution in [2.24, 2.45) is 5.10 Å². The zero-order chi connectivity index (χ0) is 17.9. The Hall–Kier alpha value is -3.08. The largest absolute Gasteiger partial charge is 0.454 e. The van der Waals surface area contributed by atoms with E-state index in [9.17, 15) is 5.26 Å². The van der Waals surface area contributed by atoms with Gasteiger partial charge in [-0.2, -0.15) is 10.4 Å². The molecule has 0 unspecified atom stereocenters. The van der Waals surface area contributed by atoms with Crippen LogP contribution in [0.4, 0.5) is 5.69 Å². The fourth-order valence-corrected chi connectivity index (χ4v) is 3.33. The minimum Gasteiger partial charge on any atom is -0.454 e. The summed E-state index contributed by atoms with van der Waals surface area (Å²) in [4.78, 5) is 4.51. The number of ether oxygens (including phenoxy) is 2. The smallest absolute Gasteiger partial charge is 0.231 e. The van der Waals surface area contributed by atoms with Crippen molar-refractivity contribution in [2.45, 2.75) is 0 Å². The third-order valence-electron chi connectivity index (χ3n) is 3.60. The molecule has 0 aliphatic carbocycles. The second kappa shape index (κ2) is 7.04. The highest BCUT2D eigenvalue weighted by Gasteiger charge is 2.16. The zero-order valence-corrected chi connectivity index (χ0v) is 14.8. The topological polar surface area (TPSA) is 79.5 Å². The molecule has 6 nitrogen and oxygen atoms in total. The average Bonchev–Trinajstić information content (AvgIpc) is 3.31. The normalized spacial score (nSPS) is 12.7. The van der Waals surface area contributed by atoms with Crippen molar-refractivity contribution in [1.29, 1.82) is 5.26 Å². The molecule has 0 atom stereocenters. The van der Waals surface area contributed by atoms with Crippen LogP contribution >= 0.6 is 22.9 Å². The Kier molecular flexibility index (Phi) is 4.44. The quantitative estimate of drug-likeness (QED) is 0.529. The number of anilines is 1. The van der Waals surface area contributed by atoms with Gasteiger partial charge in [-0.15, -0.1) is 11.3 Å². The summed E-state index contributed by atoms with van der Waals surface area (Å²) in [7, 11) is 0. The van der Waals surface area contributed by atoms with Gasteiger partial charge in [0.1, 0.15) is 6.07 Å². The number of thiazole rings is 1. The first-order valence-electron chi connectivity index (χ1n) is 7.58. The van der Waals surface area contributed by atoms with Crippen LogP contribution in [-0.2, 0) is 0 Å². The summed E-state index contributed by atoms with van der Waals surface area (Å²) in [5, 5.41) is 16.5. The lowest BCUT2D eigenvalue weighted by molar-refractivity contribution is 0.174. The Balaban J connectivity index is 1.57. The highest BCUT2D eigenvalue weighted by atomic mass is 35.5. The van der Waals surface area contributed by atoms with Crippen LogP contribution in [-0.4, -0.2) is 17.5 Å². The van der Waals surface area contributed by atoms with Crippen molar-refractivity contribution in [3.8, 4) is 28.8 Å². The summed E-state index contributed by atoms with van der Waals surface area (Å²) >= 11 is 7.29. The van der Waals surface area contributed by atoms with Crippen LogP contribution in [0.3, 0.4) is 0 Å². The minimum absolute atomic E-state index is 0.196. The van der Waals surface area contributed by atoms with E-state index in [4.69, 9.17) is 21.1 Å². The molecule has 4 rings (SSSR count). The van der Waals surface area contributed by atoms with Gasteiger partial charge in [-0.1, -0.05) is 17.7 Å². The van der Waals surface area contributed by atoms with Crippen molar-refractivity contribution in [2.75, 3.05) is 12.2 Å². The Morgan fingerprint density at radius 1 is 1.23 bits per heavy atom. The maximum absolute atomic E-state index is 9.40. The maximum Gasteiger partial charge on any atom is 0.231 e. The summed E-state index contributed by atoms with van der Waals surface area (Å²) < 4.78 is 10.7. The second-order valence-corrected chi connectivity index (χ2v) is 6.59. The highest BCUT2D eigenvalue weighted by Crippen LogP contribution is 2.36. The first-order valence-corrected chi connectivity index (χ1v) is 8.84. The molecular weight excluding hydrogens is 372 g/mol. The summed E-state index contributed by atoms with van der Waals surface area (Å²) in [6.45, 7) is 0.224. The van der Waals surface area contributed by atoms with Gasteiger partial charge in [0.15, 0.2) is 22.2 Å². The number of nitriles is 1. The molecule has 1 aliphatic rings. The lowest BCUT2D eigenvalue weighted by Crippen LogP contribution is -2.01. The lowest BCUT2D eigenvalue weighted by Gasteiger charge is -2.01. The molecule has 3 aromatic rings. The van der Waals surface area contributed by atoms with E-state index in [0.29, 0.717) is 27.2 Å². The number of aromatic nitrogens is 1. The predicted octanol–water partition coefficient (Wildman–Crippen LogP) is 4.53. The Bertz CT molecular complexity index is 1040. The third-order valence-corrected chi connectivity index (χ3v) is 4.69. The number of nitrogens with zero attached hydrogens (tertiary/aromatic N) is 3. The van der Waals surface area contributed by atoms with Gasteiger partial charge in [-0.3, -0.25) is 5.43 Å². The van der Waals surface area contributed by atoms with Crippen molar-refractivity contribution in [3.63, 3.8) is 0 Å². The van der Waals surface area contributed by atoms with Crippen molar-refractivity contribution in [3.05, 3.63) is 57.9 Å². The average molecular weight is 383 g/mol. The molecular formula is C18H11ClN4O2S.